The van der Waals surface area contributed by atoms with Gasteiger partial charge in [0.25, 0.3) is 5.91 Å². The van der Waals surface area contributed by atoms with Gasteiger partial charge in [0, 0.05) is 18.3 Å². The summed E-state index contributed by atoms with van der Waals surface area (Å²) in [6.07, 6.45) is 4.26. The quantitative estimate of drug-likeness (QED) is 0.768. The van der Waals surface area contributed by atoms with E-state index in [0.717, 1.165) is 23.5 Å². The number of hydrogen-bond donors (Lipinski definition) is 1. The maximum atomic E-state index is 12.7. The summed E-state index contributed by atoms with van der Waals surface area (Å²) in [4.78, 5) is 12.7. The Balaban J connectivity index is 1.72. The van der Waals surface area contributed by atoms with Crippen molar-refractivity contribution >= 4 is 5.91 Å². The Hall–Kier alpha value is -2.88. The predicted molar refractivity (Wildman–Crippen MR) is 98.8 cm³/mol. The van der Waals surface area contributed by atoms with Crippen molar-refractivity contribution < 1.29 is 4.79 Å². The average molecular weight is 331 g/mol. The monoisotopic (exact) mass is 331 g/mol. The molecule has 4 heteroatoms. The van der Waals surface area contributed by atoms with E-state index < -0.39 is 0 Å². The van der Waals surface area contributed by atoms with Crippen LogP contribution in [0.1, 0.15) is 28.8 Å². The van der Waals surface area contributed by atoms with Crippen LogP contribution in [0.4, 0.5) is 0 Å². The Morgan fingerprint density at radius 3 is 2.52 bits per heavy atom. The third-order valence-electron chi connectivity index (χ3n) is 4.55. The fraction of sp³-hybridized carbons (Fsp3) is 0.238. The first-order chi connectivity index (χ1) is 12.2. The maximum absolute atomic E-state index is 12.7. The summed E-state index contributed by atoms with van der Waals surface area (Å²) in [7, 11) is 0. The van der Waals surface area contributed by atoms with Crippen molar-refractivity contribution in [1.29, 1.82) is 0 Å². The number of carbonyl (C=O) groups is 1. The second-order valence-corrected chi connectivity index (χ2v) is 6.69. The smallest absolute Gasteiger partial charge is 0.255 e. The molecule has 0 atom stereocenters. The zero-order valence-corrected chi connectivity index (χ0v) is 14.3. The van der Waals surface area contributed by atoms with Gasteiger partial charge in [-0.2, -0.15) is 5.10 Å². The molecule has 0 unspecified atom stereocenters. The number of amides is 1. The minimum Gasteiger partial charge on any atom is -0.352 e. The first-order valence-electron chi connectivity index (χ1n) is 8.71. The molecule has 0 radical (unpaired) electrons. The zero-order chi connectivity index (χ0) is 17.2. The molecular formula is C21H21N3O. The van der Waals surface area contributed by atoms with E-state index >= 15 is 0 Å². The van der Waals surface area contributed by atoms with Gasteiger partial charge in [0.05, 0.1) is 11.3 Å². The van der Waals surface area contributed by atoms with Crippen molar-refractivity contribution in [2.24, 2.45) is 5.92 Å². The average Bonchev–Trinajstić information content (AvgIpc) is 3.37. The van der Waals surface area contributed by atoms with Crippen LogP contribution in [0.25, 0.3) is 16.9 Å². The largest absolute Gasteiger partial charge is 0.352 e. The molecule has 0 bridgehead atoms. The van der Waals surface area contributed by atoms with Gasteiger partial charge < -0.3 is 5.32 Å². The summed E-state index contributed by atoms with van der Waals surface area (Å²) in [5, 5.41) is 7.75. The van der Waals surface area contributed by atoms with Crippen LogP contribution in [0.5, 0.6) is 0 Å². The maximum Gasteiger partial charge on any atom is 0.255 e. The molecule has 0 spiro atoms. The Labute approximate surface area is 147 Å². The lowest BCUT2D eigenvalue weighted by Gasteiger charge is -2.04. The van der Waals surface area contributed by atoms with Gasteiger partial charge in [-0.3, -0.25) is 4.79 Å². The Morgan fingerprint density at radius 1 is 1.12 bits per heavy atom. The summed E-state index contributed by atoms with van der Waals surface area (Å²) >= 11 is 0. The summed E-state index contributed by atoms with van der Waals surface area (Å²) in [6, 6.07) is 18.0. The number of aromatic nitrogens is 2. The molecule has 1 saturated carbocycles. The molecule has 1 aliphatic rings. The fourth-order valence-electron chi connectivity index (χ4n) is 2.83. The van der Waals surface area contributed by atoms with E-state index in [-0.39, 0.29) is 5.91 Å². The van der Waals surface area contributed by atoms with Crippen molar-refractivity contribution in [3.8, 4) is 16.9 Å². The standard InChI is InChI=1S/C21H21N3O/c1-15-7-11-17(12-8-15)20-19(21(25)22-13-16-9-10-16)14-24(23-20)18-5-3-2-4-6-18/h2-8,11-12,14,16H,9-10,13H2,1H3,(H,22,25). The predicted octanol–water partition coefficient (Wildman–Crippen LogP) is 3.99. The summed E-state index contributed by atoms with van der Waals surface area (Å²) < 4.78 is 1.78. The minimum atomic E-state index is -0.0512. The molecule has 1 heterocycles. The third kappa shape index (κ3) is 3.48. The molecule has 1 aromatic heterocycles. The lowest BCUT2D eigenvalue weighted by atomic mass is 10.1. The van der Waals surface area contributed by atoms with E-state index in [2.05, 4.69) is 12.2 Å². The highest BCUT2D eigenvalue weighted by atomic mass is 16.1. The molecule has 2 aromatic carbocycles. The second-order valence-electron chi connectivity index (χ2n) is 6.69. The molecule has 1 fully saturated rings. The number of nitrogens with one attached hydrogen (secondary N) is 1. The van der Waals surface area contributed by atoms with Crippen LogP contribution in [0.2, 0.25) is 0 Å². The van der Waals surface area contributed by atoms with Gasteiger partial charge in [-0.1, -0.05) is 48.0 Å². The number of benzene rings is 2. The number of hydrogen-bond acceptors (Lipinski definition) is 2. The molecule has 0 aliphatic heterocycles. The van der Waals surface area contributed by atoms with Crippen molar-refractivity contribution in [3.63, 3.8) is 0 Å². The van der Waals surface area contributed by atoms with Crippen LogP contribution in [0.15, 0.2) is 60.8 Å². The van der Waals surface area contributed by atoms with Crippen LogP contribution < -0.4 is 5.32 Å². The summed E-state index contributed by atoms with van der Waals surface area (Å²) in [5.41, 5.74) is 4.42. The number of aryl methyl sites for hydroxylation is 1. The van der Waals surface area contributed by atoms with Crippen LogP contribution in [0, 0.1) is 12.8 Å². The fourth-order valence-corrected chi connectivity index (χ4v) is 2.83. The summed E-state index contributed by atoms with van der Waals surface area (Å²) in [6.45, 7) is 2.80. The van der Waals surface area contributed by atoms with Crippen molar-refractivity contribution in [1.82, 2.24) is 15.1 Å². The van der Waals surface area contributed by atoms with Gasteiger partial charge in [0.15, 0.2) is 0 Å². The molecule has 4 rings (SSSR count). The SMILES string of the molecule is Cc1ccc(-c2nn(-c3ccccc3)cc2C(=O)NCC2CC2)cc1. The van der Waals surface area contributed by atoms with E-state index in [0.29, 0.717) is 11.5 Å². The van der Waals surface area contributed by atoms with Crippen LogP contribution in [-0.2, 0) is 0 Å². The highest BCUT2D eigenvalue weighted by Gasteiger charge is 2.24. The highest BCUT2D eigenvalue weighted by molar-refractivity contribution is 6.00. The molecule has 1 aliphatic carbocycles. The van der Waals surface area contributed by atoms with Gasteiger partial charge in [0.1, 0.15) is 5.69 Å². The van der Waals surface area contributed by atoms with Crippen LogP contribution in [-0.4, -0.2) is 22.2 Å². The minimum absolute atomic E-state index is 0.0512. The Bertz CT molecular complexity index is 877. The van der Waals surface area contributed by atoms with Crippen molar-refractivity contribution in [2.75, 3.05) is 6.54 Å². The third-order valence-corrected chi connectivity index (χ3v) is 4.55. The summed E-state index contributed by atoms with van der Waals surface area (Å²) in [5.74, 6) is 0.598. The van der Waals surface area contributed by atoms with Gasteiger partial charge >= 0.3 is 0 Å². The van der Waals surface area contributed by atoms with E-state index in [1.807, 2.05) is 60.8 Å². The number of para-hydroxylation sites is 1. The number of carbonyl (C=O) groups excluding carboxylic acids is 1. The van der Waals surface area contributed by atoms with E-state index in [4.69, 9.17) is 5.10 Å². The van der Waals surface area contributed by atoms with Crippen LogP contribution in [0.3, 0.4) is 0 Å². The highest BCUT2D eigenvalue weighted by Crippen LogP contribution is 2.28. The molecule has 0 saturated heterocycles. The van der Waals surface area contributed by atoms with E-state index in [1.165, 1.54) is 18.4 Å². The molecule has 25 heavy (non-hydrogen) atoms. The van der Waals surface area contributed by atoms with Gasteiger partial charge in [-0.05, 0) is 37.8 Å². The second kappa shape index (κ2) is 6.55. The van der Waals surface area contributed by atoms with Crippen molar-refractivity contribution in [2.45, 2.75) is 19.8 Å². The van der Waals surface area contributed by atoms with Gasteiger partial charge in [-0.15, -0.1) is 0 Å². The Kier molecular flexibility index (Phi) is 4.10. The van der Waals surface area contributed by atoms with E-state index in [9.17, 15) is 4.79 Å². The zero-order valence-electron chi connectivity index (χ0n) is 14.3. The lowest BCUT2D eigenvalue weighted by molar-refractivity contribution is 0.0952. The van der Waals surface area contributed by atoms with Crippen LogP contribution >= 0.6 is 0 Å². The van der Waals surface area contributed by atoms with Gasteiger partial charge in [0.2, 0.25) is 0 Å². The molecule has 126 valence electrons. The van der Waals surface area contributed by atoms with E-state index in [1.54, 1.807) is 4.68 Å². The molecule has 1 amide bonds. The lowest BCUT2D eigenvalue weighted by Crippen LogP contribution is -2.25. The molecule has 4 nitrogen and oxygen atoms in total. The first-order valence-corrected chi connectivity index (χ1v) is 8.71. The number of rotatable bonds is 5. The molecular weight excluding hydrogens is 310 g/mol. The molecule has 1 N–H and O–H groups in total. The van der Waals surface area contributed by atoms with Gasteiger partial charge in [-0.25, -0.2) is 4.68 Å². The molecule has 3 aromatic rings. The van der Waals surface area contributed by atoms with Crippen molar-refractivity contribution in [3.05, 3.63) is 71.9 Å². The Morgan fingerprint density at radius 2 is 1.84 bits per heavy atom. The first kappa shape index (κ1) is 15.6. The normalized spacial score (nSPS) is 13.6. The topological polar surface area (TPSA) is 46.9 Å². The number of nitrogens with zero attached hydrogens (tertiary/aromatic N) is 2.